The summed E-state index contributed by atoms with van der Waals surface area (Å²) in [7, 11) is 0. The van der Waals surface area contributed by atoms with Crippen LogP contribution in [0.15, 0.2) is 16.8 Å². The Hall–Kier alpha value is -1.82. The molecule has 0 radical (unpaired) electrons. The van der Waals surface area contributed by atoms with E-state index in [2.05, 4.69) is 22.6 Å². The standard InChI is InChI=1S/C13H20N4O2/c1-2-3-8-18-9-4-7-15-11-6-5-10(14)12-13(11)17-19-16-12/h5-6,15H,2-4,7-9,14H2,1H3. The summed E-state index contributed by atoms with van der Waals surface area (Å²) in [4.78, 5) is 0. The van der Waals surface area contributed by atoms with Crippen LogP contribution in [0.3, 0.4) is 0 Å². The normalized spacial score (nSPS) is 11.0. The summed E-state index contributed by atoms with van der Waals surface area (Å²) in [5.74, 6) is 0. The number of nitrogens with two attached hydrogens (primary N) is 1. The molecular formula is C13H20N4O2. The molecule has 2 aromatic rings. The van der Waals surface area contributed by atoms with Gasteiger partial charge in [0.1, 0.15) is 0 Å². The van der Waals surface area contributed by atoms with Crippen LogP contribution in [0.25, 0.3) is 11.0 Å². The molecule has 6 nitrogen and oxygen atoms in total. The van der Waals surface area contributed by atoms with Gasteiger partial charge in [-0.25, -0.2) is 4.63 Å². The van der Waals surface area contributed by atoms with Crippen LogP contribution < -0.4 is 11.1 Å². The Bertz CT molecular complexity index is 512. The fourth-order valence-corrected chi connectivity index (χ4v) is 1.77. The minimum absolute atomic E-state index is 0.574. The molecule has 0 spiro atoms. The van der Waals surface area contributed by atoms with E-state index < -0.39 is 0 Å². The van der Waals surface area contributed by atoms with Crippen molar-refractivity contribution < 1.29 is 9.37 Å². The first-order valence-corrected chi connectivity index (χ1v) is 6.65. The molecule has 0 atom stereocenters. The molecule has 0 fully saturated rings. The van der Waals surface area contributed by atoms with E-state index in [0.29, 0.717) is 16.7 Å². The number of anilines is 2. The van der Waals surface area contributed by atoms with Gasteiger partial charge in [0.2, 0.25) is 0 Å². The van der Waals surface area contributed by atoms with Gasteiger partial charge in [0.15, 0.2) is 11.0 Å². The van der Waals surface area contributed by atoms with Crippen molar-refractivity contribution in [2.75, 3.05) is 30.8 Å². The third-order valence-corrected chi connectivity index (χ3v) is 2.87. The number of rotatable bonds is 8. The van der Waals surface area contributed by atoms with Crippen LogP contribution in [0.5, 0.6) is 0 Å². The second-order valence-corrected chi connectivity index (χ2v) is 4.41. The van der Waals surface area contributed by atoms with E-state index in [9.17, 15) is 0 Å². The summed E-state index contributed by atoms with van der Waals surface area (Å²) in [6.07, 6.45) is 3.23. The van der Waals surface area contributed by atoms with E-state index in [-0.39, 0.29) is 0 Å². The van der Waals surface area contributed by atoms with Gasteiger partial charge in [-0.1, -0.05) is 13.3 Å². The van der Waals surface area contributed by atoms with Gasteiger partial charge in [-0.05, 0) is 35.3 Å². The second-order valence-electron chi connectivity index (χ2n) is 4.41. The number of unbranched alkanes of at least 4 members (excludes halogenated alkanes) is 1. The average Bonchev–Trinajstić information content (AvgIpc) is 2.90. The average molecular weight is 264 g/mol. The van der Waals surface area contributed by atoms with Crippen molar-refractivity contribution in [2.24, 2.45) is 0 Å². The number of benzene rings is 1. The maximum Gasteiger partial charge on any atom is 0.160 e. The van der Waals surface area contributed by atoms with Crippen LogP contribution in [0, 0.1) is 0 Å². The zero-order chi connectivity index (χ0) is 13.5. The zero-order valence-corrected chi connectivity index (χ0v) is 11.2. The first-order chi connectivity index (χ1) is 9.33. The van der Waals surface area contributed by atoms with Gasteiger partial charge >= 0.3 is 0 Å². The minimum atomic E-state index is 0.574. The molecule has 1 heterocycles. The largest absolute Gasteiger partial charge is 0.397 e. The molecule has 104 valence electrons. The number of ether oxygens (including phenoxy) is 1. The van der Waals surface area contributed by atoms with Gasteiger partial charge in [-0.2, -0.15) is 0 Å². The molecule has 6 heteroatoms. The van der Waals surface area contributed by atoms with Crippen molar-refractivity contribution in [3.63, 3.8) is 0 Å². The SMILES string of the molecule is CCCCOCCCNc1ccc(N)c2nonc12. The number of hydrogen-bond acceptors (Lipinski definition) is 6. The molecule has 0 saturated heterocycles. The van der Waals surface area contributed by atoms with Gasteiger partial charge in [0.05, 0.1) is 11.4 Å². The smallest absolute Gasteiger partial charge is 0.160 e. The van der Waals surface area contributed by atoms with Crippen molar-refractivity contribution in [3.05, 3.63) is 12.1 Å². The summed E-state index contributed by atoms with van der Waals surface area (Å²) in [5, 5.41) is 10.9. The molecule has 0 saturated carbocycles. The summed E-state index contributed by atoms with van der Waals surface area (Å²) in [5.41, 5.74) is 8.52. The van der Waals surface area contributed by atoms with Crippen molar-refractivity contribution in [3.8, 4) is 0 Å². The lowest BCUT2D eigenvalue weighted by Gasteiger charge is -2.07. The van der Waals surface area contributed by atoms with Crippen LogP contribution in [0.1, 0.15) is 26.2 Å². The number of aromatic nitrogens is 2. The van der Waals surface area contributed by atoms with Crippen LogP contribution >= 0.6 is 0 Å². The molecule has 1 aromatic heterocycles. The topological polar surface area (TPSA) is 86.2 Å². The highest BCUT2D eigenvalue weighted by atomic mass is 16.6. The Balaban J connectivity index is 1.79. The number of nitrogen functional groups attached to an aromatic ring is 1. The Morgan fingerprint density at radius 3 is 2.84 bits per heavy atom. The van der Waals surface area contributed by atoms with Crippen LogP contribution in [-0.2, 0) is 4.74 Å². The summed E-state index contributed by atoms with van der Waals surface area (Å²) < 4.78 is 10.2. The Morgan fingerprint density at radius 1 is 1.21 bits per heavy atom. The number of hydrogen-bond donors (Lipinski definition) is 2. The van der Waals surface area contributed by atoms with Gasteiger partial charge in [-0.3, -0.25) is 0 Å². The molecule has 2 rings (SSSR count). The van der Waals surface area contributed by atoms with Crippen molar-refractivity contribution in [1.29, 1.82) is 0 Å². The van der Waals surface area contributed by atoms with E-state index in [0.717, 1.165) is 38.3 Å². The van der Waals surface area contributed by atoms with E-state index in [4.69, 9.17) is 15.1 Å². The van der Waals surface area contributed by atoms with Gasteiger partial charge in [-0.15, -0.1) is 0 Å². The van der Waals surface area contributed by atoms with E-state index >= 15 is 0 Å². The molecule has 0 aliphatic heterocycles. The van der Waals surface area contributed by atoms with E-state index in [1.165, 1.54) is 6.42 Å². The first kappa shape index (κ1) is 13.6. The van der Waals surface area contributed by atoms with Gasteiger partial charge in [0, 0.05) is 19.8 Å². The highest BCUT2D eigenvalue weighted by molar-refractivity contribution is 5.94. The number of nitrogens with one attached hydrogen (secondary N) is 1. The highest BCUT2D eigenvalue weighted by Gasteiger charge is 2.09. The maximum absolute atomic E-state index is 5.78. The van der Waals surface area contributed by atoms with Gasteiger partial charge in [0.25, 0.3) is 0 Å². The third kappa shape index (κ3) is 3.57. The molecule has 0 aliphatic carbocycles. The fraction of sp³-hybridized carbons (Fsp3) is 0.538. The highest BCUT2D eigenvalue weighted by Crippen LogP contribution is 2.24. The van der Waals surface area contributed by atoms with Crippen molar-refractivity contribution in [2.45, 2.75) is 26.2 Å². The predicted octanol–water partition coefficient (Wildman–Crippen LogP) is 2.42. The summed E-state index contributed by atoms with van der Waals surface area (Å²) >= 11 is 0. The number of nitrogens with zero attached hydrogens (tertiary/aromatic N) is 2. The van der Waals surface area contributed by atoms with E-state index in [1.807, 2.05) is 6.07 Å². The lowest BCUT2D eigenvalue weighted by atomic mass is 10.2. The van der Waals surface area contributed by atoms with Crippen molar-refractivity contribution in [1.82, 2.24) is 10.3 Å². The first-order valence-electron chi connectivity index (χ1n) is 6.65. The molecule has 19 heavy (non-hydrogen) atoms. The van der Waals surface area contributed by atoms with E-state index in [1.54, 1.807) is 6.07 Å². The Morgan fingerprint density at radius 2 is 2.00 bits per heavy atom. The van der Waals surface area contributed by atoms with Crippen LogP contribution in [0.2, 0.25) is 0 Å². The molecule has 0 unspecified atom stereocenters. The lowest BCUT2D eigenvalue weighted by molar-refractivity contribution is 0.131. The van der Waals surface area contributed by atoms with Gasteiger partial charge < -0.3 is 15.8 Å². The molecule has 0 amide bonds. The molecule has 0 bridgehead atoms. The monoisotopic (exact) mass is 264 g/mol. The van der Waals surface area contributed by atoms with Crippen LogP contribution in [0.4, 0.5) is 11.4 Å². The third-order valence-electron chi connectivity index (χ3n) is 2.87. The molecule has 0 aliphatic rings. The number of fused-ring (bicyclic) bond motifs is 1. The van der Waals surface area contributed by atoms with Crippen molar-refractivity contribution >= 4 is 22.4 Å². The quantitative estimate of drug-likeness (QED) is 0.562. The van der Waals surface area contributed by atoms with Crippen LogP contribution in [-0.4, -0.2) is 30.1 Å². The minimum Gasteiger partial charge on any atom is -0.397 e. The fourth-order valence-electron chi connectivity index (χ4n) is 1.77. The summed E-state index contributed by atoms with van der Waals surface area (Å²) in [6.45, 7) is 4.58. The second kappa shape index (κ2) is 6.94. The predicted molar refractivity (Wildman–Crippen MR) is 75.1 cm³/mol. The zero-order valence-electron chi connectivity index (χ0n) is 11.2. The Kier molecular flexibility index (Phi) is 4.97. The molecular weight excluding hydrogens is 244 g/mol. The summed E-state index contributed by atoms with van der Waals surface area (Å²) in [6, 6.07) is 3.69. The lowest BCUT2D eigenvalue weighted by Crippen LogP contribution is -2.07. The molecule has 1 aromatic carbocycles. The Labute approximate surface area is 112 Å². The molecule has 3 N–H and O–H groups in total. The maximum atomic E-state index is 5.78.